The van der Waals surface area contributed by atoms with Crippen LogP contribution in [0.25, 0.3) is 10.2 Å². The van der Waals surface area contributed by atoms with Gasteiger partial charge in [-0.25, -0.2) is 14.8 Å². The van der Waals surface area contributed by atoms with E-state index in [1.807, 2.05) is 27.7 Å². The van der Waals surface area contributed by atoms with Gasteiger partial charge in [0.05, 0.1) is 17.0 Å². The van der Waals surface area contributed by atoms with Crippen LogP contribution >= 0.6 is 11.3 Å². The van der Waals surface area contributed by atoms with Crippen molar-refractivity contribution in [3.8, 4) is 0 Å². The molecule has 2 heterocycles. The number of unbranched alkanes of at least 4 members (excludes halogenated alkanes) is 1. The van der Waals surface area contributed by atoms with Crippen LogP contribution in [0.1, 0.15) is 56.9 Å². The predicted octanol–water partition coefficient (Wildman–Crippen LogP) is 4.83. The van der Waals surface area contributed by atoms with Crippen molar-refractivity contribution >= 4 is 39.1 Å². The number of fused-ring (bicyclic) bond motifs is 1. The van der Waals surface area contributed by atoms with Crippen LogP contribution in [-0.2, 0) is 4.74 Å². The standard InChI is InChI=1S/C21H23N3O3S/c1-5-6-11-27-21(26)15-7-9-16(10-8-15)24-19(25)18-12(2)17-13(3)22-14(4)23-20(17)28-18/h7-10H,5-6,11H2,1-4H3,(H,24,25). The molecule has 0 saturated carbocycles. The topological polar surface area (TPSA) is 81.2 Å². The molecule has 146 valence electrons. The first-order chi connectivity index (χ1) is 13.4. The maximum absolute atomic E-state index is 12.8. The lowest BCUT2D eigenvalue weighted by molar-refractivity contribution is 0.0499. The zero-order valence-corrected chi connectivity index (χ0v) is 17.3. The number of aryl methyl sites for hydroxylation is 3. The number of esters is 1. The minimum atomic E-state index is -0.351. The Labute approximate surface area is 168 Å². The van der Waals surface area contributed by atoms with E-state index in [2.05, 4.69) is 15.3 Å². The zero-order chi connectivity index (χ0) is 20.3. The summed E-state index contributed by atoms with van der Waals surface area (Å²) in [5, 5.41) is 3.82. The third kappa shape index (κ3) is 4.20. The van der Waals surface area contributed by atoms with Crippen LogP contribution in [0.4, 0.5) is 5.69 Å². The fourth-order valence-electron chi connectivity index (χ4n) is 2.96. The second-order valence-electron chi connectivity index (χ2n) is 6.61. The summed E-state index contributed by atoms with van der Waals surface area (Å²) < 4.78 is 5.19. The van der Waals surface area contributed by atoms with Crippen molar-refractivity contribution in [1.29, 1.82) is 0 Å². The molecule has 2 aromatic heterocycles. The molecule has 3 aromatic rings. The van der Waals surface area contributed by atoms with Crippen molar-refractivity contribution in [3.05, 3.63) is 51.8 Å². The Morgan fingerprint density at radius 3 is 2.50 bits per heavy atom. The molecule has 6 nitrogen and oxygen atoms in total. The summed E-state index contributed by atoms with van der Waals surface area (Å²) in [6.45, 7) is 8.14. The van der Waals surface area contributed by atoms with Gasteiger partial charge in [-0.3, -0.25) is 4.79 Å². The smallest absolute Gasteiger partial charge is 0.338 e. The van der Waals surface area contributed by atoms with Gasteiger partial charge < -0.3 is 10.1 Å². The van der Waals surface area contributed by atoms with Crippen LogP contribution in [0.15, 0.2) is 24.3 Å². The number of carbonyl (C=O) groups excluding carboxylic acids is 2. The third-order valence-electron chi connectivity index (χ3n) is 4.40. The Bertz CT molecular complexity index is 1030. The molecular formula is C21H23N3O3S. The van der Waals surface area contributed by atoms with Crippen molar-refractivity contribution in [1.82, 2.24) is 9.97 Å². The lowest BCUT2D eigenvalue weighted by atomic mass is 10.1. The van der Waals surface area contributed by atoms with Crippen LogP contribution in [0.3, 0.4) is 0 Å². The summed E-state index contributed by atoms with van der Waals surface area (Å²) in [7, 11) is 0. The van der Waals surface area contributed by atoms with Gasteiger partial charge >= 0.3 is 5.97 Å². The van der Waals surface area contributed by atoms with Gasteiger partial charge in [0.15, 0.2) is 0 Å². The molecule has 0 aliphatic rings. The molecule has 3 rings (SSSR count). The molecule has 0 atom stereocenters. The van der Waals surface area contributed by atoms with Crippen molar-refractivity contribution in [3.63, 3.8) is 0 Å². The number of carbonyl (C=O) groups is 2. The van der Waals surface area contributed by atoms with Crippen LogP contribution in [0, 0.1) is 20.8 Å². The monoisotopic (exact) mass is 397 g/mol. The Balaban J connectivity index is 1.75. The molecule has 0 aliphatic heterocycles. The van der Waals surface area contributed by atoms with Gasteiger partial charge in [-0.2, -0.15) is 0 Å². The highest BCUT2D eigenvalue weighted by molar-refractivity contribution is 7.20. The maximum atomic E-state index is 12.8. The molecule has 1 aromatic carbocycles. The van der Waals surface area contributed by atoms with Crippen LogP contribution < -0.4 is 5.32 Å². The summed E-state index contributed by atoms with van der Waals surface area (Å²) in [4.78, 5) is 35.0. The second-order valence-corrected chi connectivity index (χ2v) is 7.61. The second kappa shape index (κ2) is 8.48. The van der Waals surface area contributed by atoms with E-state index in [1.165, 1.54) is 11.3 Å². The largest absolute Gasteiger partial charge is 0.462 e. The van der Waals surface area contributed by atoms with E-state index in [0.717, 1.165) is 34.3 Å². The molecule has 0 fully saturated rings. The van der Waals surface area contributed by atoms with E-state index < -0.39 is 0 Å². The van der Waals surface area contributed by atoms with Gasteiger partial charge in [-0.15, -0.1) is 11.3 Å². The van der Waals surface area contributed by atoms with Crippen LogP contribution in [0.2, 0.25) is 0 Å². The zero-order valence-electron chi connectivity index (χ0n) is 16.5. The number of hydrogen-bond acceptors (Lipinski definition) is 6. The van der Waals surface area contributed by atoms with Gasteiger partial charge in [0.2, 0.25) is 0 Å². The molecule has 0 saturated heterocycles. The number of nitrogens with zero attached hydrogens (tertiary/aromatic N) is 2. The number of nitrogens with one attached hydrogen (secondary N) is 1. The van der Waals surface area contributed by atoms with Crippen LogP contribution in [-0.4, -0.2) is 28.5 Å². The van der Waals surface area contributed by atoms with Crippen LogP contribution in [0.5, 0.6) is 0 Å². The minimum Gasteiger partial charge on any atom is -0.462 e. The minimum absolute atomic E-state index is 0.198. The fourth-order valence-corrected chi connectivity index (χ4v) is 4.13. The Hall–Kier alpha value is -2.80. The Morgan fingerprint density at radius 2 is 1.82 bits per heavy atom. The normalized spacial score (nSPS) is 10.9. The quantitative estimate of drug-likeness (QED) is 0.476. The number of aromatic nitrogens is 2. The first-order valence-electron chi connectivity index (χ1n) is 9.23. The molecular weight excluding hydrogens is 374 g/mol. The average molecular weight is 398 g/mol. The lowest BCUT2D eigenvalue weighted by Crippen LogP contribution is -2.12. The number of anilines is 1. The van der Waals surface area contributed by atoms with Crippen molar-refractivity contribution in [2.24, 2.45) is 0 Å². The molecule has 0 aliphatic carbocycles. The molecule has 28 heavy (non-hydrogen) atoms. The number of ether oxygens (including phenoxy) is 1. The molecule has 0 spiro atoms. The van der Waals surface area contributed by atoms with E-state index in [9.17, 15) is 9.59 Å². The van der Waals surface area contributed by atoms with Gasteiger partial charge in [-0.1, -0.05) is 13.3 Å². The summed E-state index contributed by atoms with van der Waals surface area (Å²) in [5.41, 5.74) is 2.84. The molecule has 1 N–H and O–H groups in total. The third-order valence-corrected chi connectivity index (χ3v) is 5.58. The highest BCUT2D eigenvalue weighted by Gasteiger charge is 2.19. The van der Waals surface area contributed by atoms with Gasteiger partial charge in [0.1, 0.15) is 10.7 Å². The highest BCUT2D eigenvalue weighted by Crippen LogP contribution is 2.31. The number of hydrogen-bond donors (Lipinski definition) is 1. The van der Waals surface area contributed by atoms with E-state index in [0.29, 0.717) is 28.6 Å². The predicted molar refractivity (Wildman–Crippen MR) is 111 cm³/mol. The van der Waals surface area contributed by atoms with Gasteiger partial charge in [0, 0.05) is 16.8 Å². The number of benzene rings is 1. The number of thiophene rings is 1. The van der Waals surface area contributed by atoms with Crippen molar-refractivity contribution < 1.29 is 14.3 Å². The number of rotatable bonds is 6. The lowest BCUT2D eigenvalue weighted by Gasteiger charge is -2.07. The first kappa shape index (κ1) is 19.9. The Kier molecular flexibility index (Phi) is 6.04. The summed E-state index contributed by atoms with van der Waals surface area (Å²) in [5.74, 6) is 0.145. The first-order valence-corrected chi connectivity index (χ1v) is 10.0. The SMILES string of the molecule is CCCCOC(=O)c1ccc(NC(=O)c2sc3nc(C)nc(C)c3c2C)cc1. The maximum Gasteiger partial charge on any atom is 0.338 e. The van der Waals surface area contributed by atoms with E-state index >= 15 is 0 Å². The van der Waals surface area contributed by atoms with E-state index in [4.69, 9.17) is 4.74 Å². The molecule has 0 bridgehead atoms. The average Bonchev–Trinajstić information content (AvgIpc) is 2.99. The van der Waals surface area contributed by atoms with Crippen molar-refractivity contribution in [2.75, 3.05) is 11.9 Å². The van der Waals surface area contributed by atoms with Gasteiger partial charge in [0.25, 0.3) is 5.91 Å². The highest BCUT2D eigenvalue weighted by atomic mass is 32.1. The van der Waals surface area contributed by atoms with E-state index in [1.54, 1.807) is 24.3 Å². The molecule has 0 radical (unpaired) electrons. The van der Waals surface area contributed by atoms with E-state index in [-0.39, 0.29) is 11.9 Å². The fraction of sp³-hybridized carbons (Fsp3) is 0.333. The molecule has 0 unspecified atom stereocenters. The summed E-state index contributed by atoms with van der Waals surface area (Å²) in [6.07, 6.45) is 1.82. The summed E-state index contributed by atoms with van der Waals surface area (Å²) >= 11 is 1.36. The molecule has 1 amide bonds. The Morgan fingerprint density at radius 1 is 1.11 bits per heavy atom. The van der Waals surface area contributed by atoms with Crippen molar-refractivity contribution in [2.45, 2.75) is 40.5 Å². The number of amides is 1. The molecule has 7 heteroatoms. The van der Waals surface area contributed by atoms with Gasteiger partial charge in [-0.05, 0) is 57.0 Å². The summed E-state index contributed by atoms with van der Waals surface area (Å²) in [6, 6.07) is 6.71.